The maximum atomic E-state index is 3.54. The molecule has 0 saturated carbocycles. The van der Waals surface area contributed by atoms with Gasteiger partial charge in [0.1, 0.15) is 0 Å². The van der Waals surface area contributed by atoms with Crippen LogP contribution in [0.3, 0.4) is 0 Å². The van der Waals surface area contributed by atoms with Crippen molar-refractivity contribution in [2.45, 2.75) is 40.8 Å². The number of thiophene rings is 1. The molecule has 2 heteroatoms. The molecule has 0 radical (unpaired) electrons. The zero-order valence-electron chi connectivity index (χ0n) is 11.6. The van der Waals surface area contributed by atoms with Gasteiger partial charge in [-0.3, -0.25) is 0 Å². The summed E-state index contributed by atoms with van der Waals surface area (Å²) in [4.78, 5) is 0. The summed E-state index contributed by atoms with van der Waals surface area (Å²) in [6, 6.07) is 4.58. The quantitative estimate of drug-likeness (QED) is 0.864. The van der Waals surface area contributed by atoms with Gasteiger partial charge in [0.25, 0.3) is 0 Å². The van der Waals surface area contributed by atoms with E-state index in [2.05, 4.69) is 55.9 Å². The van der Waals surface area contributed by atoms with Gasteiger partial charge in [0, 0.05) is 13.1 Å². The number of nitrogens with one attached hydrogen (secondary N) is 1. The van der Waals surface area contributed by atoms with E-state index in [1.54, 1.807) is 11.3 Å². The van der Waals surface area contributed by atoms with Crippen LogP contribution in [0.4, 0.5) is 0 Å². The average Bonchev–Trinajstić information content (AvgIpc) is 2.72. The van der Waals surface area contributed by atoms with E-state index in [-0.39, 0.29) is 0 Å². The molecule has 0 bridgehead atoms. The predicted octanol–water partition coefficient (Wildman–Crippen LogP) is 4.27. The van der Waals surface area contributed by atoms with Crippen molar-refractivity contribution in [1.82, 2.24) is 5.32 Å². The van der Waals surface area contributed by atoms with Crippen LogP contribution in [-0.4, -0.2) is 0 Å². The highest BCUT2D eigenvalue weighted by Gasteiger charge is 2.03. The van der Waals surface area contributed by atoms with E-state index in [0.29, 0.717) is 0 Å². The summed E-state index contributed by atoms with van der Waals surface area (Å²) >= 11 is 1.78. The molecule has 0 aliphatic rings. The molecule has 18 heavy (non-hydrogen) atoms. The lowest BCUT2D eigenvalue weighted by Gasteiger charge is -2.11. The second-order valence-electron chi connectivity index (χ2n) is 5.05. The molecule has 2 aromatic rings. The standard InChI is InChI=1S/C16H21NS/c1-11-5-13(3)15(6-12(11)2)7-17-8-16-10-18-9-14(16)4/h5-6,9-10,17H,7-8H2,1-4H3. The fraction of sp³-hybridized carbons (Fsp3) is 0.375. The Morgan fingerprint density at radius 2 is 1.44 bits per heavy atom. The zero-order chi connectivity index (χ0) is 13.1. The molecule has 0 fully saturated rings. The van der Waals surface area contributed by atoms with Gasteiger partial charge >= 0.3 is 0 Å². The molecule has 2 rings (SSSR count). The van der Waals surface area contributed by atoms with Crippen molar-refractivity contribution in [3.8, 4) is 0 Å². The Morgan fingerprint density at radius 1 is 0.778 bits per heavy atom. The maximum Gasteiger partial charge on any atom is 0.0219 e. The first-order valence-electron chi connectivity index (χ1n) is 6.37. The normalized spacial score (nSPS) is 10.9. The molecule has 0 atom stereocenters. The summed E-state index contributed by atoms with van der Waals surface area (Å²) in [5.74, 6) is 0. The molecular weight excluding hydrogens is 238 g/mol. The third-order valence-corrected chi connectivity index (χ3v) is 4.46. The Labute approximate surface area is 114 Å². The largest absolute Gasteiger partial charge is 0.309 e. The highest BCUT2D eigenvalue weighted by Crippen LogP contribution is 2.16. The first kappa shape index (κ1) is 13.3. The first-order chi connectivity index (χ1) is 8.58. The topological polar surface area (TPSA) is 12.0 Å². The third kappa shape index (κ3) is 3.01. The van der Waals surface area contributed by atoms with Gasteiger partial charge in [-0.05, 0) is 71.8 Å². The molecule has 0 aliphatic carbocycles. The SMILES string of the molecule is Cc1cc(C)c(CNCc2cscc2C)cc1C. The number of hydrogen-bond acceptors (Lipinski definition) is 2. The number of aryl methyl sites for hydroxylation is 4. The van der Waals surface area contributed by atoms with Crippen LogP contribution >= 0.6 is 11.3 Å². The van der Waals surface area contributed by atoms with Gasteiger partial charge in [0.15, 0.2) is 0 Å². The van der Waals surface area contributed by atoms with Crippen LogP contribution in [-0.2, 0) is 13.1 Å². The minimum absolute atomic E-state index is 0.947. The molecule has 1 aromatic heterocycles. The van der Waals surface area contributed by atoms with E-state index >= 15 is 0 Å². The van der Waals surface area contributed by atoms with E-state index < -0.39 is 0 Å². The van der Waals surface area contributed by atoms with Crippen molar-refractivity contribution in [2.24, 2.45) is 0 Å². The van der Waals surface area contributed by atoms with Gasteiger partial charge in [-0.1, -0.05) is 12.1 Å². The second-order valence-corrected chi connectivity index (χ2v) is 5.79. The summed E-state index contributed by atoms with van der Waals surface area (Å²) in [7, 11) is 0. The van der Waals surface area contributed by atoms with Crippen molar-refractivity contribution in [3.05, 3.63) is 56.3 Å². The van der Waals surface area contributed by atoms with Crippen LogP contribution in [0.25, 0.3) is 0 Å². The molecule has 0 unspecified atom stereocenters. The van der Waals surface area contributed by atoms with Crippen molar-refractivity contribution in [1.29, 1.82) is 0 Å². The van der Waals surface area contributed by atoms with Crippen LogP contribution < -0.4 is 5.32 Å². The lowest BCUT2D eigenvalue weighted by atomic mass is 10.0. The van der Waals surface area contributed by atoms with Crippen molar-refractivity contribution in [2.75, 3.05) is 0 Å². The van der Waals surface area contributed by atoms with Crippen LogP contribution in [0, 0.1) is 27.7 Å². The monoisotopic (exact) mass is 259 g/mol. The molecule has 0 spiro atoms. The maximum absolute atomic E-state index is 3.54. The summed E-state index contributed by atoms with van der Waals surface area (Å²) in [6.45, 7) is 10.6. The Bertz CT molecular complexity index is 540. The van der Waals surface area contributed by atoms with E-state index in [1.165, 1.54) is 33.4 Å². The van der Waals surface area contributed by atoms with E-state index in [9.17, 15) is 0 Å². The summed E-state index contributed by atoms with van der Waals surface area (Å²) in [6.07, 6.45) is 0. The Morgan fingerprint density at radius 3 is 2.11 bits per heavy atom. The van der Waals surface area contributed by atoms with E-state index in [4.69, 9.17) is 0 Å². The first-order valence-corrected chi connectivity index (χ1v) is 7.31. The molecule has 0 amide bonds. The number of hydrogen-bond donors (Lipinski definition) is 1. The van der Waals surface area contributed by atoms with Gasteiger partial charge in [-0.15, -0.1) is 0 Å². The van der Waals surface area contributed by atoms with Crippen molar-refractivity contribution in [3.63, 3.8) is 0 Å². The lowest BCUT2D eigenvalue weighted by molar-refractivity contribution is 0.689. The average molecular weight is 259 g/mol. The summed E-state index contributed by atoms with van der Waals surface area (Å²) in [5.41, 5.74) is 8.36. The Kier molecular flexibility index (Phi) is 4.20. The van der Waals surface area contributed by atoms with Crippen LogP contribution in [0.15, 0.2) is 22.9 Å². The minimum Gasteiger partial charge on any atom is -0.309 e. The molecule has 0 aliphatic heterocycles. The number of rotatable bonds is 4. The summed E-state index contributed by atoms with van der Waals surface area (Å²) < 4.78 is 0. The molecule has 0 saturated heterocycles. The van der Waals surface area contributed by atoms with Crippen LogP contribution in [0.2, 0.25) is 0 Å². The lowest BCUT2D eigenvalue weighted by Crippen LogP contribution is -2.14. The van der Waals surface area contributed by atoms with Crippen LogP contribution in [0.1, 0.15) is 33.4 Å². The van der Waals surface area contributed by atoms with Gasteiger partial charge < -0.3 is 5.32 Å². The Balaban J connectivity index is 1.99. The molecule has 1 nitrogen and oxygen atoms in total. The van der Waals surface area contributed by atoms with Gasteiger partial charge in [-0.25, -0.2) is 0 Å². The highest BCUT2D eigenvalue weighted by atomic mass is 32.1. The zero-order valence-corrected chi connectivity index (χ0v) is 12.4. The molecule has 96 valence electrons. The second kappa shape index (κ2) is 5.68. The fourth-order valence-corrected chi connectivity index (χ4v) is 2.97. The van der Waals surface area contributed by atoms with Crippen LogP contribution in [0.5, 0.6) is 0 Å². The van der Waals surface area contributed by atoms with Gasteiger partial charge in [0.2, 0.25) is 0 Å². The molecule has 1 N–H and O–H groups in total. The molecule has 1 aromatic carbocycles. The number of benzene rings is 1. The van der Waals surface area contributed by atoms with Gasteiger partial charge in [-0.2, -0.15) is 11.3 Å². The van der Waals surface area contributed by atoms with E-state index in [0.717, 1.165) is 13.1 Å². The smallest absolute Gasteiger partial charge is 0.0219 e. The summed E-state index contributed by atoms with van der Waals surface area (Å²) in [5, 5.41) is 7.98. The fourth-order valence-electron chi connectivity index (χ4n) is 2.11. The van der Waals surface area contributed by atoms with Crippen molar-refractivity contribution < 1.29 is 0 Å². The molecular formula is C16H21NS. The molecule has 1 heterocycles. The minimum atomic E-state index is 0.947. The Hall–Kier alpha value is -1.12. The van der Waals surface area contributed by atoms with Crippen molar-refractivity contribution >= 4 is 11.3 Å². The predicted molar refractivity (Wildman–Crippen MR) is 80.3 cm³/mol. The highest BCUT2D eigenvalue weighted by molar-refractivity contribution is 7.08. The van der Waals surface area contributed by atoms with E-state index in [1.807, 2.05) is 0 Å². The third-order valence-electron chi connectivity index (χ3n) is 3.54. The van der Waals surface area contributed by atoms with Gasteiger partial charge in [0.05, 0.1) is 0 Å².